The third-order valence-corrected chi connectivity index (χ3v) is 9.87. The van der Waals surface area contributed by atoms with Crippen LogP contribution in [-0.4, -0.2) is 17.3 Å². The summed E-state index contributed by atoms with van der Waals surface area (Å²) in [5.74, 6) is 0.399. The van der Waals surface area contributed by atoms with E-state index in [1.165, 1.54) is 51.3 Å². The molecule has 1 aromatic heterocycles. The van der Waals surface area contributed by atoms with Crippen molar-refractivity contribution in [1.29, 1.82) is 5.41 Å². The van der Waals surface area contributed by atoms with Crippen molar-refractivity contribution in [3.05, 3.63) is 204 Å². The van der Waals surface area contributed by atoms with Gasteiger partial charge in [0.05, 0.1) is 16.7 Å². The zero-order valence-electron chi connectivity index (χ0n) is 33.5. The zero-order chi connectivity index (χ0) is 39.9. The van der Waals surface area contributed by atoms with E-state index in [2.05, 4.69) is 120 Å². The monoisotopic (exact) mass is 736 g/mol. The van der Waals surface area contributed by atoms with Gasteiger partial charge in [-0.15, -0.1) is 0 Å². The molecule has 0 amide bonds. The number of allylic oxidation sites excluding steroid dienone is 8. The molecule has 0 bridgehead atoms. The van der Waals surface area contributed by atoms with E-state index in [4.69, 9.17) is 11.1 Å². The Bertz CT molecular complexity index is 2480. The third-order valence-electron chi connectivity index (χ3n) is 9.87. The van der Waals surface area contributed by atoms with Crippen LogP contribution in [0, 0.1) is 5.41 Å². The first kappa shape index (κ1) is 40.9. The number of benzene rings is 6. The highest BCUT2D eigenvalue weighted by molar-refractivity contribution is 6.17. The molecule has 284 valence electrons. The van der Waals surface area contributed by atoms with Gasteiger partial charge in [0.15, 0.2) is 0 Å². The zero-order valence-corrected chi connectivity index (χ0v) is 33.5. The molecule has 2 aliphatic rings. The average Bonchev–Trinajstić information content (AvgIpc) is 3.64. The van der Waals surface area contributed by atoms with Gasteiger partial charge in [-0.3, -0.25) is 5.41 Å². The van der Waals surface area contributed by atoms with Crippen molar-refractivity contribution in [2.45, 2.75) is 52.9 Å². The van der Waals surface area contributed by atoms with E-state index in [1.54, 1.807) is 0 Å². The summed E-state index contributed by atoms with van der Waals surface area (Å²) in [6.45, 7) is 8.00. The van der Waals surface area contributed by atoms with Crippen molar-refractivity contribution in [1.82, 2.24) is 4.57 Å². The van der Waals surface area contributed by atoms with Gasteiger partial charge in [-0.1, -0.05) is 179 Å². The first-order valence-electron chi connectivity index (χ1n) is 20.0. The molecule has 4 nitrogen and oxygen atoms in total. The molecule has 56 heavy (non-hydrogen) atoms. The lowest BCUT2D eigenvalue weighted by atomic mass is 9.85. The van der Waals surface area contributed by atoms with Crippen LogP contribution in [0.5, 0.6) is 0 Å². The number of nitrogen functional groups attached to an aromatic ring is 1. The molecule has 4 heteroatoms. The minimum Gasteiger partial charge on any atom is -0.398 e. The minimum atomic E-state index is 0.399. The Labute approximate surface area is 333 Å². The number of nitrogens with zero attached hydrogens (tertiary/aromatic N) is 1. The quantitative estimate of drug-likeness (QED) is 0.121. The topological polar surface area (TPSA) is 80.8 Å². The van der Waals surface area contributed by atoms with Crippen molar-refractivity contribution in [2.24, 2.45) is 5.73 Å². The van der Waals surface area contributed by atoms with E-state index in [0.717, 1.165) is 41.2 Å². The lowest BCUT2D eigenvalue weighted by Gasteiger charge is -2.19. The molecular weight excluding hydrogens is 681 g/mol. The van der Waals surface area contributed by atoms with Gasteiger partial charge in [-0.2, -0.15) is 0 Å². The van der Waals surface area contributed by atoms with Gasteiger partial charge in [-0.05, 0) is 72.7 Å². The molecule has 1 unspecified atom stereocenters. The van der Waals surface area contributed by atoms with Crippen LogP contribution in [-0.2, 0) is 0 Å². The molecule has 7 aromatic rings. The van der Waals surface area contributed by atoms with Crippen molar-refractivity contribution < 1.29 is 0 Å². The van der Waals surface area contributed by atoms with Gasteiger partial charge in [0, 0.05) is 44.6 Å². The molecule has 0 saturated heterocycles. The molecule has 5 N–H and O–H groups in total. The first-order valence-corrected chi connectivity index (χ1v) is 20.0. The Morgan fingerprint density at radius 2 is 1.23 bits per heavy atom. The Kier molecular flexibility index (Phi) is 15.0. The van der Waals surface area contributed by atoms with Crippen LogP contribution in [0.3, 0.4) is 0 Å². The highest BCUT2D eigenvalue weighted by Crippen LogP contribution is 2.40. The van der Waals surface area contributed by atoms with Gasteiger partial charge >= 0.3 is 0 Å². The Morgan fingerprint density at radius 3 is 1.91 bits per heavy atom. The van der Waals surface area contributed by atoms with Crippen molar-refractivity contribution in [3.8, 4) is 5.69 Å². The summed E-state index contributed by atoms with van der Waals surface area (Å²) in [5.41, 5.74) is 21.4. The number of nitrogens with one attached hydrogen (secondary N) is 1. The molecule has 6 aromatic carbocycles. The van der Waals surface area contributed by atoms with E-state index < -0.39 is 0 Å². The number of rotatable bonds is 5. The number of aromatic nitrogens is 1. The predicted octanol–water partition coefficient (Wildman–Crippen LogP) is 13.5. The summed E-state index contributed by atoms with van der Waals surface area (Å²) >= 11 is 0. The van der Waals surface area contributed by atoms with Crippen LogP contribution in [0.15, 0.2) is 187 Å². The van der Waals surface area contributed by atoms with Gasteiger partial charge < -0.3 is 16.0 Å². The fourth-order valence-corrected chi connectivity index (χ4v) is 7.38. The Balaban J connectivity index is 0.000000206. The van der Waals surface area contributed by atoms with Crippen molar-refractivity contribution >= 4 is 44.0 Å². The molecule has 0 aliphatic heterocycles. The number of anilines is 1. The van der Waals surface area contributed by atoms with Crippen LogP contribution in [0.1, 0.15) is 69.6 Å². The summed E-state index contributed by atoms with van der Waals surface area (Å²) in [4.78, 5) is 0. The Morgan fingerprint density at radius 1 is 0.607 bits per heavy atom. The van der Waals surface area contributed by atoms with E-state index in [-0.39, 0.29) is 0 Å². The van der Waals surface area contributed by atoms with Gasteiger partial charge in [0.2, 0.25) is 0 Å². The molecule has 0 saturated carbocycles. The second-order valence-electron chi connectivity index (χ2n) is 12.9. The molecule has 0 fully saturated rings. The van der Waals surface area contributed by atoms with Gasteiger partial charge in [0.25, 0.3) is 0 Å². The summed E-state index contributed by atoms with van der Waals surface area (Å²) in [5, 5.41) is 13.1. The fraction of sp³-hybridized carbons (Fsp3) is 0.173. The summed E-state index contributed by atoms with van der Waals surface area (Å²) < 4.78 is 2.40. The SMILES string of the molecule is C1=CC(C2=CCC(c3cccc4c3c3ccccc3n4-c3ccccc3)C=C2)=CCC1.CC.CC.CN.N=C(c1ccccc1)c1ccc2ccccc2c1N. The maximum Gasteiger partial charge on any atom is 0.0705 e. The maximum absolute atomic E-state index is 8.31. The predicted molar refractivity (Wildman–Crippen MR) is 245 cm³/mol. The number of nitrogens with two attached hydrogens (primary N) is 2. The fourth-order valence-electron chi connectivity index (χ4n) is 7.38. The molecular formula is C52H56N4. The van der Waals surface area contributed by atoms with Gasteiger partial charge in [0.1, 0.15) is 0 Å². The van der Waals surface area contributed by atoms with Gasteiger partial charge in [-0.25, -0.2) is 0 Å². The highest BCUT2D eigenvalue weighted by atomic mass is 15.0. The van der Waals surface area contributed by atoms with E-state index in [9.17, 15) is 0 Å². The molecule has 1 atom stereocenters. The summed E-state index contributed by atoms with van der Waals surface area (Å²) in [7, 11) is 1.50. The molecule has 0 radical (unpaired) electrons. The van der Waals surface area contributed by atoms with Crippen molar-refractivity contribution in [3.63, 3.8) is 0 Å². The molecule has 2 aliphatic carbocycles. The number of hydrogen-bond acceptors (Lipinski definition) is 3. The van der Waals surface area contributed by atoms with Crippen LogP contribution < -0.4 is 11.5 Å². The smallest absolute Gasteiger partial charge is 0.0705 e. The minimum absolute atomic E-state index is 0.399. The van der Waals surface area contributed by atoms with E-state index in [1.807, 2.05) is 94.4 Å². The van der Waals surface area contributed by atoms with Crippen LogP contribution in [0.4, 0.5) is 5.69 Å². The lowest BCUT2D eigenvalue weighted by molar-refractivity contribution is 0.854. The second kappa shape index (κ2) is 20.5. The third kappa shape index (κ3) is 8.83. The first-order chi connectivity index (χ1) is 27.7. The largest absolute Gasteiger partial charge is 0.398 e. The Hall–Kier alpha value is -6.23. The van der Waals surface area contributed by atoms with E-state index >= 15 is 0 Å². The lowest BCUT2D eigenvalue weighted by Crippen LogP contribution is -2.05. The maximum atomic E-state index is 8.31. The number of fused-ring (bicyclic) bond motifs is 4. The highest BCUT2D eigenvalue weighted by Gasteiger charge is 2.20. The van der Waals surface area contributed by atoms with Crippen LogP contribution in [0.2, 0.25) is 0 Å². The normalized spacial score (nSPS) is 14.1. The standard InChI is InChI=1S/C30H25N.C17H14N2.2C2H6.CH5N/c1-3-10-22(11-4-1)23-18-20-24(21-19-23)26-15-9-17-29-30(26)27-14-7-8-16-28(27)31(29)25-12-5-2-6-13-25;18-16(13-7-2-1-3-8-13)15-11-10-12-6-4-5-9-14(12)17(15)19;3*1-2/h2-3,5-20,24H,1,4,21H2;1-11,18H,19H2;2*1-2H3;2H2,1H3. The summed E-state index contributed by atoms with van der Waals surface area (Å²) in [6.07, 6.45) is 17.4. The van der Waals surface area contributed by atoms with Crippen LogP contribution in [0.25, 0.3) is 38.3 Å². The van der Waals surface area contributed by atoms with E-state index in [0.29, 0.717) is 17.3 Å². The molecule has 0 spiro atoms. The molecule has 1 heterocycles. The molecule has 9 rings (SSSR count). The van der Waals surface area contributed by atoms with Crippen molar-refractivity contribution in [2.75, 3.05) is 12.8 Å². The number of para-hydroxylation sites is 2. The average molecular weight is 737 g/mol. The summed E-state index contributed by atoms with van der Waals surface area (Å²) in [6, 6.07) is 47.9. The van der Waals surface area contributed by atoms with Crippen LogP contribution >= 0.6 is 0 Å². The number of hydrogen-bond donors (Lipinski definition) is 3. The second-order valence-corrected chi connectivity index (χ2v) is 12.9.